The highest BCUT2D eigenvalue weighted by atomic mass is 79.9. The van der Waals surface area contributed by atoms with Crippen LogP contribution in [0.1, 0.15) is 10.4 Å². The molecule has 0 unspecified atom stereocenters. The zero-order chi connectivity index (χ0) is 9.97. The Hall–Kier alpha value is -0.940. The van der Waals surface area contributed by atoms with Crippen molar-refractivity contribution in [1.29, 1.82) is 0 Å². The fourth-order valence-electron chi connectivity index (χ4n) is 1.20. The molecule has 2 heterocycles. The summed E-state index contributed by atoms with van der Waals surface area (Å²) < 4.78 is 0.817. The lowest BCUT2D eigenvalue weighted by Crippen LogP contribution is -2.56. The molecule has 74 valence electrons. The molecule has 1 aliphatic heterocycles. The number of carbonyl (C=O) groups is 1. The Kier molecular flexibility index (Phi) is 2.79. The predicted molar refractivity (Wildman–Crippen MR) is 56.1 cm³/mol. The zero-order valence-corrected chi connectivity index (χ0v) is 9.04. The molecule has 1 aliphatic rings. The van der Waals surface area contributed by atoms with E-state index in [1.54, 1.807) is 18.5 Å². The Balaban J connectivity index is 2.02. The smallest absolute Gasteiger partial charge is 0.253 e. The van der Waals surface area contributed by atoms with Crippen LogP contribution in [0.25, 0.3) is 0 Å². The number of amides is 1. The first-order valence-corrected chi connectivity index (χ1v) is 5.17. The summed E-state index contributed by atoms with van der Waals surface area (Å²) in [5.41, 5.74) is 0.589. The number of rotatable bonds is 2. The van der Waals surface area contributed by atoms with Crippen LogP contribution in [0, 0.1) is 0 Å². The molecule has 1 aromatic rings. The van der Waals surface area contributed by atoms with Gasteiger partial charge in [-0.1, -0.05) is 0 Å². The number of aromatic nitrogens is 1. The zero-order valence-electron chi connectivity index (χ0n) is 7.46. The first-order chi connectivity index (χ1) is 6.75. The lowest BCUT2D eigenvalue weighted by atomic mass is 10.1. The maximum atomic E-state index is 11.6. The highest BCUT2D eigenvalue weighted by Gasteiger charge is 2.19. The maximum Gasteiger partial charge on any atom is 0.253 e. The first kappa shape index (κ1) is 9.61. The number of pyridine rings is 1. The van der Waals surface area contributed by atoms with Gasteiger partial charge in [-0.05, 0) is 22.0 Å². The Morgan fingerprint density at radius 2 is 2.36 bits per heavy atom. The molecule has 2 rings (SSSR count). The van der Waals surface area contributed by atoms with Gasteiger partial charge < -0.3 is 10.6 Å². The van der Waals surface area contributed by atoms with E-state index in [0.717, 1.165) is 17.6 Å². The molecule has 0 saturated carbocycles. The Labute approximate surface area is 90.2 Å². The van der Waals surface area contributed by atoms with Gasteiger partial charge in [0.2, 0.25) is 0 Å². The van der Waals surface area contributed by atoms with Crippen molar-refractivity contribution >= 4 is 21.8 Å². The van der Waals surface area contributed by atoms with Gasteiger partial charge in [-0.2, -0.15) is 0 Å². The van der Waals surface area contributed by atoms with Crippen LogP contribution in [0.2, 0.25) is 0 Å². The van der Waals surface area contributed by atoms with Crippen molar-refractivity contribution in [3.63, 3.8) is 0 Å². The Morgan fingerprint density at radius 1 is 1.57 bits per heavy atom. The number of nitrogens with one attached hydrogen (secondary N) is 2. The molecule has 1 amide bonds. The number of halogens is 1. The highest BCUT2D eigenvalue weighted by Crippen LogP contribution is 2.09. The number of hydrogen-bond donors (Lipinski definition) is 2. The summed E-state index contributed by atoms with van der Waals surface area (Å²) in [5.74, 6) is -0.0645. The molecule has 2 N–H and O–H groups in total. The number of hydrogen-bond acceptors (Lipinski definition) is 3. The van der Waals surface area contributed by atoms with Crippen molar-refractivity contribution in [2.75, 3.05) is 13.1 Å². The molecule has 5 heteroatoms. The van der Waals surface area contributed by atoms with E-state index in [1.807, 2.05) is 0 Å². The first-order valence-electron chi connectivity index (χ1n) is 4.38. The van der Waals surface area contributed by atoms with E-state index in [1.165, 1.54) is 0 Å². The second-order valence-electron chi connectivity index (χ2n) is 3.22. The van der Waals surface area contributed by atoms with E-state index in [2.05, 4.69) is 31.5 Å². The van der Waals surface area contributed by atoms with Gasteiger partial charge in [0.05, 0.1) is 11.6 Å². The standard InChI is InChI=1S/C9H10BrN3O/c10-7-1-6(2-11-3-7)9(14)13-8-4-12-5-8/h1-3,8,12H,4-5H2,(H,13,14). The third kappa shape index (κ3) is 2.10. The van der Waals surface area contributed by atoms with E-state index >= 15 is 0 Å². The van der Waals surface area contributed by atoms with Gasteiger partial charge in [0.1, 0.15) is 0 Å². The average Bonchev–Trinajstić information content (AvgIpc) is 2.11. The van der Waals surface area contributed by atoms with Crippen LogP contribution < -0.4 is 10.6 Å². The van der Waals surface area contributed by atoms with E-state index in [-0.39, 0.29) is 11.9 Å². The van der Waals surface area contributed by atoms with Crippen LogP contribution in [-0.2, 0) is 0 Å². The van der Waals surface area contributed by atoms with Crippen LogP contribution in [0.4, 0.5) is 0 Å². The molecular formula is C9H10BrN3O. The summed E-state index contributed by atoms with van der Waals surface area (Å²) in [6, 6.07) is 2.02. The summed E-state index contributed by atoms with van der Waals surface area (Å²) in [6.45, 7) is 1.71. The fourth-order valence-corrected chi connectivity index (χ4v) is 1.56. The quantitative estimate of drug-likeness (QED) is 0.812. The number of carbonyl (C=O) groups excluding carboxylic acids is 1. The minimum atomic E-state index is -0.0645. The summed E-state index contributed by atoms with van der Waals surface area (Å²) in [7, 11) is 0. The van der Waals surface area contributed by atoms with E-state index in [9.17, 15) is 4.79 Å². The predicted octanol–water partition coefficient (Wildman–Crippen LogP) is 0.546. The van der Waals surface area contributed by atoms with Crippen molar-refractivity contribution in [1.82, 2.24) is 15.6 Å². The lowest BCUT2D eigenvalue weighted by Gasteiger charge is -2.27. The monoisotopic (exact) mass is 255 g/mol. The summed E-state index contributed by atoms with van der Waals surface area (Å²) in [6.07, 6.45) is 3.22. The minimum Gasteiger partial charge on any atom is -0.347 e. The molecule has 0 radical (unpaired) electrons. The summed E-state index contributed by atoms with van der Waals surface area (Å²) in [5, 5.41) is 5.99. The van der Waals surface area contributed by atoms with Crippen LogP contribution in [0.3, 0.4) is 0 Å². The highest BCUT2D eigenvalue weighted by molar-refractivity contribution is 9.10. The van der Waals surface area contributed by atoms with E-state index in [0.29, 0.717) is 5.56 Å². The van der Waals surface area contributed by atoms with Crippen molar-refractivity contribution in [2.45, 2.75) is 6.04 Å². The fraction of sp³-hybridized carbons (Fsp3) is 0.333. The molecular weight excluding hydrogens is 246 g/mol. The van der Waals surface area contributed by atoms with E-state index < -0.39 is 0 Å². The van der Waals surface area contributed by atoms with Gasteiger partial charge in [0, 0.05) is 30.0 Å². The molecule has 14 heavy (non-hydrogen) atoms. The molecule has 1 fully saturated rings. The maximum absolute atomic E-state index is 11.6. The van der Waals surface area contributed by atoms with Gasteiger partial charge in [-0.15, -0.1) is 0 Å². The molecule has 0 aromatic carbocycles. The van der Waals surface area contributed by atoms with Gasteiger partial charge in [-0.3, -0.25) is 9.78 Å². The molecule has 4 nitrogen and oxygen atoms in total. The molecule has 0 bridgehead atoms. The summed E-state index contributed by atoms with van der Waals surface area (Å²) in [4.78, 5) is 15.5. The van der Waals surface area contributed by atoms with Crippen molar-refractivity contribution in [3.8, 4) is 0 Å². The van der Waals surface area contributed by atoms with E-state index in [4.69, 9.17) is 0 Å². The van der Waals surface area contributed by atoms with Crippen molar-refractivity contribution < 1.29 is 4.79 Å². The SMILES string of the molecule is O=C(NC1CNC1)c1cncc(Br)c1. The summed E-state index contributed by atoms with van der Waals surface area (Å²) >= 11 is 3.27. The number of nitrogens with zero attached hydrogens (tertiary/aromatic N) is 1. The molecule has 0 atom stereocenters. The van der Waals surface area contributed by atoms with Gasteiger partial charge in [-0.25, -0.2) is 0 Å². The van der Waals surface area contributed by atoms with Gasteiger partial charge >= 0.3 is 0 Å². The van der Waals surface area contributed by atoms with Crippen molar-refractivity contribution in [2.24, 2.45) is 0 Å². The molecule has 0 aliphatic carbocycles. The lowest BCUT2D eigenvalue weighted by molar-refractivity contribution is 0.0923. The van der Waals surface area contributed by atoms with Crippen molar-refractivity contribution in [3.05, 3.63) is 28.5 Å². The molecule has 1 aromatic heterocycles. The molecule has 0 spiro atoms. The normalized spacial score (nSPS) is 16.1. The molecule has 1 saturated heterocycles. The third-order valence-corrected chi connectivity index (χ3v) is 2.52. The average molecular weight is 256 g/mol. The topological polar surface area (TPSA) is 54.0 Å². The van der Waals surface area contributed by atoms with Crippen LogP contribution in [-0.4, -0.2) is 30.0 Å². The minimum absolute atomic E-state index is 0.0645. The van der Waals surface area contributed by atoms with Crippen LogP contribution in [0.15, 0.2) is 22.9 Å². The Bertz CT molecular complexity index is 352. The van der Waals surface area contributed by atoms with Crippen LogP contribution in [0.5, 0.6) is 0 Å². The van der Waals surface area contributed by atoms with Crippen LogP contribution >= 0.6 is 15.9 Å². The van der Waals surface area contributed by atoms with Gasteiger partial charge in [0.25, 0.3) is 5.91 Å². The second kappa shape index (κ2) is 4.06. The largest absolute Gasteiger partial charge is 0.347 e. The van der Waals surface area contributed by atoms with Gasteiger partial charge in [0.15, 0.2) is 0 Å². The Morgan fingerprint density at radius 3 is 2.93 bits per heavy atom. The third-order valence-electron chi connectivity index (χ3n) is 2.08. The second-order valence-corrected chi connectivity index (χ2v) is 4.14.